The third-order valence-corrected chi connectivity index (χ3v) is 4.39. The van der Waals surface area contributed by atoms with E-state index in [0.29, 0.717) is 5.02 Å². The van der Waals surface area contributed by atoms with Crippen LogP contribution in [-0.4, -0.2) is 11.4 Å². The van der Waals surface area contributed by atoms with Crippen molar-refractivity contribution in [3.05, 3.63) is 28.8 Å². The van der Waals surface area contributed by atoms with Crippen molar-refractivity contribution in [2.24, 2.45) is 5.41 Å². The summed E-state index contributed by atoms with van der Waals surface area (Å²) in [4.78, 5) is 1.04. The highest BCUT2D eigenvalue weighted by Gasteiger charge is 2.37. The van der Waals surface area contributed by atoms with Crippen LogP contribution in [0.15, 0.2) is 23.1 Å². The fraction of sp³-hybridized carbons (Fsp3) is 0.538. The van der Waals surface area contributed by atoms with Crippen molar-refractivity contribution in [3.63, 3.8) is 0 Å². The van der Waals surface area contributed by atoms with Crippen LogP contribution < -0.4 is 0 Å². The molecule has 0 amide bonds. The van der Waals surface area contributed by atoms with Crippen LogP contribution in [0.1, 0.15) is 33.3 Å². The minimum absolute atomic E-state index is 0.225. The normalized spacial score (nSPS) is 15.9. The van der Waals surface area contributed by atoms with Crippen LogP contribution in [0.4, 0.5) is 0 Å². The third kappa shape index (κ3) is 2.55. The Labute approximate surface area is 107 Å². The standard InChI is InChI=1S/C13H19ClOS/c1-12(2,3)13(4,15)9-6-7-11(16-5)10(14)8-9/h6-8,15H,1-5H3. The summed E-state index contributed by atoms with van der Waals surface area (Å²) >= 11 is 7.76. The number of benzene rings is 1. The molecule has 0 aliphatic carbocycles. The molecule has 0 heterocycles. The molecule has 90 valence electrons. The maximum atomic E-state index is 10.5. The highest BCUT2D eigenvalue weighted by atomic mass is 35.5. The van der Waals surface area contributed by atoms with E-state index in [0.717, 1.165) is 10.5 Å². The molecule has 1 rings (SSSR count). The molecule has 0 spiro atoms. The fourth-order valence-corrected chi connectivity index (χ4v) is 2.27. The fourth-order valence-electron chi connectivity index (χ4n) is 1.40. The molecule has 1 aromatic carbocycles. The zero-order chi connectivity index (χ0) is 12.6. The molecule has 1 atom stereocenters. The molecule has 0 aromatic heterocycles. The second-order valence-electron chi connectivity index (χ2n) is 5.17. The highest BCUT2D eigenvalue weighted by Crippen LogP contribution is 2.40. The van der Waals surface area contributed by atoms with Gasteiger partial charge in [0.2, 0.25) is 0 Å². The molecule has 0 fully saturated rings. The van der Waals surface area contributed by atoms with Crippen LogP contribution in [0.2, 0.25) is 5.02 Å². The average Bonchev–Trinajstić information content (AvgIpc) is 2.15. The Morgan fingerprint density at radius 2 is 1.75 bits per heavy atom. The quantitative estimate of drug-likeness (QED) is 0.798. The maximum absolute atomic E-state index is 10.5. The third-order valence-electron chi connectivity index (χ3n) is 3.17. The van der Waals surface area contributed by atoms with Crippen molar-refractivity contribution in [2.75, 3.05) is 6.26 Å². The van der Waals surface area contributed by atoms with Crippen molar-refractivity contribution in [3.8, 4) is 0 Å². The summed E-state index contributed by atoms with van der Waals surface area (Å²) in [6.45, 7) is 7.88. The highest BCUT2D eigenvalue weighted by molar-refractivity contribution is 7.98. The largest absolute Gasteiger partial charge is 0.385 e. The van der Waals surface area contributed by atoms with Gasteiger partial charge in [0, 0.05) is 4.90 Å². The Morgan fingerprint density at radius 3 is 2.12 bits per heavy atom. The van der Waals surface area contributed by atoms with E-state index in [2.05, 4.69) is 0 Å². The van der Waals surface area contributed by atoms with Gasteiger partial charge in [0.1, 0.15) is 0 Å². The van der Waals surface area contributed by atoms with E-state index in [-0.39, 0.29) is 5.41 Å². The number of hydrogen-bond donors (Lipinski definition) is 1. The topological polar surface area (TPSA) is 20.2 Å². The lowest BCUT2D eigenvalue weighted by Gasteiger charge is -2.37. The second kappa shape index (κ2) is 4.59. The first-order chi connectivity index (χ1) is 7.20. The van der Waals surface area contributed by atoms with Crippen LogP contribution in [0.3, 0.4) is 0 Å². The van der Waals surface area contributed by atoms with Crippen molar-refractivity contribution < 1.29 is 5.11 Å². The average molecular weight is 259 g/mol. The van der Waals surface area contributed by atoms with Gasteiger partial charge in [-0.2, -0.15) is 0 Å². The Kier molecular flexibility index (Phi) is 3.99. The van der Waals surface area contributed by atoms with Crippen molar-refractivity contribution in [1.29, 1.82) is 0 Å². The van der Waals surface area contributed by atoms with Crippen molar-refractivity contribution in [2.45, 2.75) is 38.2 Å². The number of halogens is 1. The van der Waals surface area contributed by atoms with Crippen LogP contribution in [0.25, 0.3) is 0 Å². The molecule has 1 aromatic rings. The molecular formula is C13H19ClOS. The van der Waals surface area contributed by atoms with Gasteiger partial charge in [0.15, 0.2) is 0 Å². The molecule has 1 unspecified atom stereocenters. The van der Waals surface area contributed by atoms with E-state index in [1.165, 1.54) is 0 Å². The Hall–Kier alpha value is -0.180. The van der Waals surface area contributed by atoms with Crippen molar-refractivity contribution >= 4 is 23.4 Å². The lowest BCUT2D eigenvalue weighted by molar-refractivity contribution is -0.0470. The molecule has 3 heteroatoms. The lowest BCUT2D eigenvalue weighted by Crippen LogP contribution is -2.36. The predicted molar refractivity (Wildman–Crippen MR) is 72.3 cm³/mol. The van der Waals surface area contributed by atoms with E-state index in [4.69, 9.17) is 11.6 Å². The van der Waals surface area contributed by atoms with Gasteiger partial charge in [-0.1, -0.05) is 38.4 Å². The van der Waals surface area contributed by atoms with Crippen LogP contribution in [0, 0.1) is 5.41 Å². The van der Waals surface area contributed by atoms with Gasteiger partial charge in [-0.25, -0.2) is 0 Å². The zero-order valence-electron chi connectivity index (χ0n) is 10.5. The molecule has 0 aliphatic heterocycles. The van der Waals surface area contributed by atoms with Gasteiger partial charge in [0.05, 0.1) is 10.6 Å². The minimum Gasteiger partial charge on any atom is -0.385 e. The number of thioether (sulfide) groups is 1. The van der Waals surface area contributed by atoms with E-state index >= 15 is 0 Å². The summed E-state index contributed by atoms with van der Waals surface area (Å²) in [6, 6.07) is 5.77. The summed E-state index contributed by atoms with van der Waals surface area (Å²) in [6.07, 6.45) is 1.99. The minimum atomic E-state index is -0.881. The summed E-state index contributed by atoms with van der Waals surface area (Å²) in [7, 11) is 0. The van der Waals surface area contributed by atoms with Crippen LogP contribution >= 0.6 is 23.4 Å². The molecular weight excluding hydrogens is 240 g/mol. The SMILES string of the molecule is CSc1ccc(C(C)(O)C(C)(C)C)cc1Cl. The van der Waals surface area contributed by atoms with E-state index in [1.54, 1.807) is 11.8 Å². The summed E-state index contributed by atoms with van der Waals surface area (Å²) in [5.41, 5.74) is -0.243. The van der Waals surface area contributed by atoms with Crippen LogP contribution in [-0.2, 0) is 5.60 Å². The van der Waals surface area contributed by atoms with E-state index in [9.17, 15) is 5.11 Å². The van der Waals surface area contributed by atoms with Crippen molar-refractivity contribution in [1.82, 2.24) is 0 Å². The number of aliphatic hydroxyl groups is 1. The number of rotatable bonds is 2. The van der Waals surface area contributed by atoms with E-state index < -0.39 is 5.60 Å². The second-order valence-corrected chi connectivity index (χ2v) is 6.43. The molecule has 0 saturated heterocycles. The first-order valence-corrected chi connectivity index (χ1v) is 6.87. The molecule has 0 saturated carbocycles. The summed E-state index contributed by atoms with van der Waals surface area (Å²) in [5, 5.41) is 11.2. The first kappa shape index (κ1) is 13.9. The molecule has 0 bridgehead atoms. The zero-order valence-corrected chi connectivity index (χ0v) is 12.0. The monoisotopic (exact) mass is 258 g/mol. The van der Waals surface area contributed by atoms with E-state index in [1.807, 2.05) is 52.1 Å². The van der Waals surface area contributed by atoms with Gasteiger partial charge in [0.25, 0.3) is 0 Å². The van der Waals surface area contributed by atoms with Gasteiger partial charge in [-0.05, 0) is 36.3 Å². The molecule has 1 nitrogen and oxygen atoms in total. The molecule has 0 aliphatic rings. The molecule has 1 N–H and O–H groups in total. The summed E-state index contributed by atoms with van der Waals surface area (Å²) < 4.78 is 0. The maximum Gasteiger partial charge on any atom is 0.0917 e. The predicted octanol–water partition coefficient (Wildman–Crippen LogP) is 4.32. The Morgan fingerprint density at radius 1 is 1.19 bits per heavy atom. The Balaban J connectivity index is 3.20. The van der Waals surface area contributed by atoms with Crippen LogP contribution in [0.5, 0.6) is 0 Å². The molecule has 16 heavy (non-hydrogen) atoms. The lowest BCUT2D eigenvalue weighted by atomic mass is 9.73. The first-order valence-electron chi connectivity index (χ1n) is 5.26. The smallest absolute Gasteiger partial charge is 0.0917 e. The van der Waals surface area contributed by atoms with Gasteiger partial charge < -0.3 is 5.11 Å². The van der Waals surface area contributed by atoms with Gasteiger partial charge in [-0.15, -0.1) is 11.8 Å². The summed E-state index contributed by atoms with van der Waals surface area (Å²) in [5.74, 6) is 0. The Bertz CT molecular complexity index is 380. The number of hydrogen-bond acceptors (Lipinski definition) is 2. The van der Waals surface area contributed by atoms with Gasteiger partial charge in [-0.3, -0.25) is 0 Å². The van der Waals surface area contributed by atoms with Gasteiger partial charge >= 0.3 is 0 Å². The molecule has 0 radical (unpaired) electrons.